The molecule has 1 heterocycles. The molecular formula is C13H26BrNO2S. The second kappa shape index (κ2) is 6.23. The van der Waals surface area contributed by atoms with E-state index in [2.05, 4.69) is 27.8 Å². The topological polar surface area (TPSA) is 37.4 Å². The van der Waals surface area contributed by atoms with Crippen LogP contribution in [0.3, 0.4) is 0 Å². The molecule has 1 aliphatic heterocycles. The van der Waals surface area contributed by atoms with Gasteiger partial charge in [0.15, 0.2) is 9.84 Å². The Morgan fingerprint density at radius 3 is 2.17 bits per heavy atom. The van der Waals surface area contributed by atoms with Crippen LogP contribution < -0.4 is 0 Å². The predicted octanol–water partition coefficient (Wildman–Crippen LogP) is 2.70. The van der Waals surface area contributed by atoms with Crippen LogP contribution in [0.4, 0.5) is 0 Å². The maximum absolute atomic E-state index is 12.0. The van der Waals surface area contributed by atoms with Crippen molar-refractivity contribution in [2.24, 2.45) is 5.92 Å². The summed E-state index contributed by atoms with van der Waals surface area (Å²) in [4.78, 5) is 2.85. The van der Waals surface area contributed by atoms with Crippen LogP contribution in [0.25, 0.3) is 0 Å². The highest BCUT2D eigenvalue weighted by Gasteiger charge is 2.30. The molecule has 1 aliphatic rings. The van der Waals surface area contributed by atoms with E-state index in [-0.39, 0.29) is 5.75 Å². The van der Waals surface area contributed by atoms with Crippen LogP contribution in [0.2, 0.25) is 0 Å². The second-order valence-corrected chi connectivity index (χ2v) is 10.6. The molecule has 0 aliphatic carbocycles. The third kappa shape index (κ3) is 4.49. The van der Waals surface area contributed by atoms with E-state index in [9.17, 15) is 8.42 Å². The van der Waals surface area contributed by atoms with Gasteiger partial charge >= 0.3 is 0 Å². The first-order valence-electron chi connectivity index (χ1n) is 6.72. The van der Waals surface area contributed by atoms with Crippen molar-refractivity contribution >= 4 is 25.8 Å². The van der Waals surface area contributed by atoms with Crippen LogP contribution in [-0.4, -0.2) is 48.3 Å². The largest absolute Gasteiger partial charge is 0.302 e. The van der Waals surface area contributed by atoms with Gasteiger partial charge in [0, 0.05) is 11.4 Å². The van der Waals surface area contributed by atoms with E-state index in [4.69, 9.17) is 0 Å². The molecule has 1 fully saturated rings. The van der Waals surface area contributed by atoms with E-state index in [1.54, 1.807) is 20.8 Å². The summed E-state index contributed by atoms with van der Waals surface area (Å²) in [5.41, 5.74) is 0. The Balaban J connectivity index is 2.39. The Labute approximate surface area is 120 Å². The first-order chi connectivity index (χ1) is 8.13. The molecule has 1 atom stereocenters. The number of piperidine rings is 1. The second-order valence-electron chi connectivity index (χ2n) is 6.29. The van der Waals surface area contributed by atoms with Crippen molar-refractivity contribution in [1.29, 1.82) is 0 Å². The minimum absolute atomic E-state index is 0.283. The summed E-state index contributed by atoms with van der Waals surface area (Å²) in [5, 5.41) is 0. The van der Waals surface area contributed by atoms with Gasteiger partial charge in [-0.3, -0.25) is 0 Å². The summed E-state index contributed by atoms with van der Waals surface area (Å²) in [5.74, 6) is 1.02. The molecule has 0 aromatic heterocycles. The number of rotatable bonds is 4. The first kappa shape index (κ1) is 16.4. The third-order valence-corrected chi connectivity index (χ3v) is 7.22. The molecule has 0 bridgehead atoms. The van der Waals surface area contributed by atoms with Gasteiger partial charge in [0.25, 0.3) is 0 Å². The highest BCUT2D eigenvalue weighted by atomic mass is 79.9. The first-order valence-corrected chi connectivity index (χ1v) is 9.29. The molecule has 0 N–H and O–H groups in total. The lowest BCUT2D eigenvalue weighted by atomic mass is 9.94. The summed E-state index contributed by atoms with van der Waals surface area (Å²) < 4.78 is 23.4. The molecule has 0 aromatic carbocycles. The van der Waals surface area contributed by atoms with Gasteiger partial charge in [0.1, 0.15) is 0 Å². The average molecular weight is 340 g/mol. The van der Waals surface area contributed by atoms with Crippen molar-refractivity contribution in [1.82, 2.24) is 4.90 Å². The van der Waals surface area contributed by atoms with Crippen molar-refractivity contribution in [3.8, 4) is 0 Å². The fourth-order valence-corrected chi connectivity index (χ4v) is 3.83. The predicted molar refractivity (Wildman–Crippen MR) is 81.1 cm³/mol. The van der Waals surface area contributed by atoms with E-state index < -0.39 is 14.6 Å². The van der Waals surface area contributed by atoms with E-state index in [1.807, 2.05) is 0 Å². The maximum Gasteiger partial charge on any atom is 0.156 e. The van der Waals surface area contributed by atoms with Crippen LogP contribution >= 0.6 is 15.9 Å². The molecule has 0 spiro atoms. The Morgan fingerprint density at radius 1 is 1.28 bits per heavy atom. The molecule has 5 heteroatoms. The van der Waals surface area contributed by atoms with Crippen LogP contribution in [-0.2, 0) is 9.84 Å². The number of hydrogen-bond donors (Lipinski definition) is 0. The van der Waals surface area contributed by atoms with Crippen molar-refractivity contribution in [3.63, 3.8) is 0 Å². The molecular weight excluding hydrogens is 314 g/mol. The quantitative estimate of drug-likeness (QED) is 0.739. The summed E-state index contributed by atoms with van der Waals surface area (Å²) in [7, 11) is -2.98. The highest BCUT2D eigenvalue weighted by molar-refractivity contribution is 9.09. The maximum atomic E-state index is 12.0. The SMILES string of the molecule is CC(Br)C1CCN(CCS(=O)(=O)C(C)(C)C)CC1. The van der Waals surface area contributed by atoms with E-state index in [1.165, 1.54) is 12.8 Å². The van der Waals surface area contributed by atoms with Crippen LogP contribution in [0.15, 0.2) is 0 Å². The van der Waals surface area contributed by atoms with Crippen LogP contribution in [0.5, 0.6) is 0 Å². The standard InChI is InChI=1S/C13H26BrNO2S/c1-11(14)12-5-7-15(8-6-12)9-10-18(16,17)13(2,3)4/h11-12H,5-10H2,1-4H3. The fourth-order valence-electron chi connectivity index (χ4n) is 2.19. The summed E-state index contributed by atoms with van der Waals surface area (Å²) in [6, 6.07) is 0. The van der Waals surface area contributed by atoms with Gasteiger partial charge < -0.3 is 4.90 Å². The van der Waals surface area contributed by atoms with Crippen molar-refractivity contribution in [2.75, 3.05) is 25.4 Å². The zero-order valence-electron chi connectivity index (χ0n) is 11.9. The minimum atomic E-state index is -2.98. The van der Waals surface area contributed by atoms with Crippen LogP contribution in [0, 0.1) is 5.92 Å². The summed E-state index contributed by atoms with van der Waals surface area (Å²) in [6.07, 6.45) is 2.34. The molecule has 0 saturated carbocycles. The Morgan fingerprint density at radius 2 is 1.78 bits per heavy atom. The number of sulfone groups is 1. The van der Waals surface area contributed by atoms with Gasteiger partial charge in [-0.25, -0.2) is 8.42 Å². The van der Waals surface area contributed by atoms with Crippen molar-refractivity contribution < 1.29 is 8.42 Å². The lowest BCUT2D eigenvalue weighted by Crippen LogP contribution is -2.41. The number of alkyl halides is 1. The molecule has 0 radical (unpaired) electrons. The van der Waals surface area contributed by atoms with E-state index in [0.717, 1.165) is 19.0 Å². The molecule has 1 unspecified atom stereocenters. The van der Waals surface area contributed by atoms with Gasteiger partial charge in [-0.05, 0) is 52.6 Å². The number of hydrogen-bond acceptors (Lipinski definition) is 3. The highest BCUT2D eigenvalue weighted by Crippen LogP contribution is 2.25. The number of likely N-dealkylation sites (tertiary alicyclic amines) is 1. The molecule has 1 rings (SSSR count). The Kier molecular flexibility index (Phi) is 5.69. The average Bonchev–Trinajstić information content (AvgIpc) is 2.25. The summed E-state index contributed by atoms with van der Waals surface area (Å²) in [6.45, 7) is 10.3. The van der Waals surface area contributed by atoms with E-state index in [0.29, 0.717) is 11.4 Å². The third-order valence-electron chi connectivity index (χ3n) is 3.89. The number of nitrogens with zero attached hydrogens (tertiary/aromatic N) is 1. The lowest BCUT2D eigenvalue weighted by molar-refractivity contribution is 0.194. The van der Waals surface area contributed by atoms with Gasteiger partial charge in [0.2, 0.25) is 0 Å². The Hall–Kier alpha value is 0.390. The lowest BCUT2D eigenvalue weighted by Gasteiger charge is -2.33. The van der Waals surface area contributed by atoms with Gasteiger partial charge in [-0.2, -0.15) is 0 Å². The number of halogens is 1. The molecule has 0 amide bonds. The molecule has 1 saturated heterocycles. The van der Waals surface area contributed by atoms with Crippen molar-refractivity contribution in [2.45, 2.75) is 50.1 Å². The smallest absolute Gasteiger partial charge is 0.156 e. The zero-order chi connectivity index (χ0) is 14.0. The summed E-state index contributed by atoms with van der Waals surface area (Å²) >= 11 is 3.64. The molecule has 3 nitrogen and oxygen atoms in total. The van der Waals surface area contributed by atoms with Crippen molar-refractivity contribution in [3.05, 3.63) is 0 Å². The van der Waals surface area contributed by atoms with Crippen LogP contribution in [0.1, 0.15) is 40.5 Å². The zero-order valence-corrected chi connectivity index (χ0v) is 14.3. The fraction of sp³-hybridized carbons (Fsp3) is 1.00. The molecule has 18 heavy (non-hydrogen) atoms. The molecule has 108 valence electrons. The van der Waals surface area contributed by atoms with Gasteiger partial charge in [-0.15, -0.1) is 0 Å². The minimum Gasteiger partial charge on any atom is -0.302 e. The van der Waals surface area contributed by atoms with E-state index >= 15 is 0 Å². The monoisotopic (exact) mass is 339 g/mol. The Bertz CT molecular complexity index is 352. The van der Waals surface area contributed by atoms with Gasteiger partial charge in [0.05, 0.1) is 10.5 Å². The van der Waals surface area contributed by atoms with Gasteiger partial charge in [-0.1, -0.05) is 22.9 Å². The molecule has 0 aromatic rings. The normalized spacial score (nSPS) is 22.1.